The Labute approximate surface area is 200 Å². The molecule has 10 heteroatoms. The standard InChI is InChI=1S/C23H30ClN3O5S/c1-31-21-13-20(22(32-2)12-19(21)24)27(33(3,29)30)16-23(28)25-14-17-6-8-18(9-7-17)15-26-10-4-5-11-26/h6-9,12-13H,4-5,10-11,14-16H2,1-3H3,(H,25,28). The summed E-state index contributed by atoms with van der Waals surface area (Å²) in [4.78, 5) is 15.1. The van der Waals surface area contributed by atoms with Crippen molar-refractivity contribution in [2.24, 2.45) is 0 Å². The molecule has 0 radical (unpaired) electrons. The van der Waals surface area contributed by atoms with Gasteiger partial charge in [0, 0.05) is 25.2 Å². The first-order valence-electron chi connectivity index (χ1n) is 10.7. The van der Waals surface area contributed by atoms with Crippen LogP contribution in [0.15, 0.2) is 36.4 Å². The van der Waals surface area contributed by atoms with Crippen LogP contribution in [0.4, 0.5) is 5.69 Å². The summed E-state index contributed by atoms with van der Waals surface area (Å²) >= 11 is 6.13. The molecule has 1 N–H and O–H groups in total. The van der Waals surface area contributed by atoms with Gasteiger partial charge < -0.3 is 14.8 Å². The van der Waals surface area contributed by atoms with E-state index >= 15 is 0 Å². The number of nitrogens with zero attached hydrogens (tertiary/aromatic N) is 2. The third kappa shape index (κ3) is 6.75. The van der Waals surface area contributed by atoms with Crippen LogP contribution in [0.5, 0.6) is 11.5 Å². The predicted molar refractivity (Wildman–Crippen MR) is 130 cm³/mol. The Morgan fingerprint density at radius 1 is 1.06 bits per heavy atom. The number of anilines is 1. The zero-order chi connectivity index (χ0) is 24.0. The number of hydrogen-bond acceptors (Lipinski definition) is 6. The summed E-state index contributed by atoms with van der Waals surface area (Å²) in [5.74, 6) is 0.0423. The maximum atomic E-state index is 12.6. The molecule has 33 heavy (non-hydrogen) atoms. The van der Waals surface area contributed by atoms with E-state index in [0.717, 1.165) is 35.8 Å². The molecule has 0 saturated carbocycles. The number of ether oxygens (including phenoxy) is 2. The third-order valence-corrected chi connectivity index (χ3v) is 6.95. The van der Waals surface area contributed by atoms with Crippen molar-refractivity contribution in [2.45, 2.75) is 25.9 Å². The normalized spacial score (nSPS) is 14.2. The second-order valence-corrected chi connectivity index (χ2v) is 10.3. The lowest BCUT2D eigenvalue weighted by atomic mass is 10.1. The number of sulfonamides is 1. The summed E-state index contributed by atoms with van der Waals surface area (Å²) < 4.78 is 36.4. The Morgan fingerprint density at radius 2 is 1.67 bits per heavy atom. The number of carbonyl (C=O) groups is 1. The van der Waals surface area contributed by atoms with Gasteiger partial charge in [0.15, 0.2) is 0 Å². The van der Waals surface area contributed by atoms with E-state index in [1.807, 2.05) is 12.1 Å². The monoisotopic (exact) mass is 495 g/mol. The second kappa shape index (κ2) is 11.1. The Kier molecular flexibility index (Phi) is 8.45. The highest BCUT2D eigenvalue weighted by Crippen LogP contribution is 2.38. The lowest BCUT2D eigenvalue weighted by Gasteiger charge is -2.24. The van der Waals surface area contributed by atoms with Crippen molar-refractivity contribution >= 4 is 33.2 Å². The molecule has 180 valence electrons. The molecule has 1 amide bonds. The summed E-state index contributed by atoms with van der Waals surface area (Å²) in [6.45, 7) is 3.09. The Hall–Kier alpha value is -2.49. The number of amides is 1. The van der Waals surface area contributed by atoms with E-state index in [-0.39, 0.29) is 22.2 Å². The molecule has 0 unspecified atom stereocenters. The highest BCUT2D eigenvalue weighted by Gasteiger charge is 2.25. The average molecular weight is 496 g/mol. The molecule has 2 aromatic carbocycles. The summed E-state index contributed by atoms with van der Waals surface area (Å²) in [6, 6.07) is 11.0. The number of carbonyl (C=O) groups excluding carboxylic acids is 1. The van der Waals surface area contributed by atoms with Crippen LogP contribution in [0.25, 0.3) is 0 Å². The molecule has 3 rings (SSSR count). The number of benzene rings is 2. The molecule has 0 spiro atoms. The van der Waals surface area contributed by atoms with Crippen LogP contribution in [0.2, 0.25) is 5.02 Å². The van der Waals surface area contributed by atoms with Gasteiger partial charge >= 0.3 is 0 Å². The van der Waals surface area contributed by atoms with E-state index in [2.05, 4.69) is 22.3 Å². The molecular weight excluding hydrogens is 466 g/mol. The number of likely N-dealkylation sites (tertiary alicyclic amines) is 1. The first-order valence-corrected chi connectivity index (χ1v) is 12.9. The fourth-order valence-electron chi connectivity index (χ4n) is 3.77. The minimum absolute atomic E-state index is 0.169. The molecule has 1 aliphatic rings. The van der Waals surface area contributed by atoms with Crippen molar-refractivity contribution in [1.82, 2.24) is 10.2 Å². The topological polar surface area (TPSA) is 88.2 Å². The SMILES string of the molecule is COc1cc(N(CC(=O)NCc2ccc(CN3CCCC3)cc2)S(C)(=O)=O)c(OC)cc1Cl. The number of methoxy groups -OCH3 is 2. The van der Waals surface area contributed by atoms with Gasteiger partial charge in [-0.2, -0.15) is 0 Å². The Balaban J connectivity index is 1.67. The fourth-order valence-corrected chi connectivity index (χ4v) is 4.85. The molecule has 0 aliphatic carbocycles. The second-order valence-electron chi connectivity index (χ2n) is 8.00. The first kappa shape index (κ1) is 25.1. The van der Waals surface area contributed by atoms with Crippen molar-refractivity contribution in [3.63, 3.8) is 0 Å². The van der Waals surface area contributed by atoms with Crippen LogP contribution >= 0.6 is 11.6 Å². The molecule has 0 bridgehead atoms. The van der Waals surface area contributed by atoms with Gasteiger partial charge in [0.25, 0.3) is 0 Å². The van der Waals surface area contributed by atoms with E-state index in [0.29, 0.717) is 6.54 Å². The molecule has 1 aliphatic heterocycles. The number of nitrogens with one attached hydrogen (secondary N) is 1. The highest BCUT2D eigenvalue weighted by molar-refractivity contribution is 7.92. The molecule has 1 fully saturated rings. The summed E-state index contributed by atoms with van der Waals surface area (Å²) in [6.07, 6.45) is 3.53. The smallest absolute Gasteiger partial charge is 0.241 e. The summed E-state index contributed by atoms with van der Waals surface area (Å²) in [7, 11) is -0.974. The average Bonchev–Trinajstić information content (AvgIpc) is 3.29. The van der Waals surface area contributed by atoms with Gasteiger partial charge in [0.1, 0.15) is 18.0 Å². The highest BCUT2D eigenvalue weighted by atomic mass is 35.5. The predicted octanol–water partition coefficient (Wildman–Crippen LogP) is 3.04. The van der Waals surface area contributed by atoms with Crippen molar-refractivity contribution in [2.75, 3.05) is 44.4 Å². The molecule has 8 nitrogen and oxygen atoms in total. The van der Waals surface area contributed by atoms with Gasteiger partial charge in [-0.3, -0.25) is 14.0 Å². The molecule has 1 saturated heterocycles. The van der Waals surface area contributed by atoms with Crippen LogP contribution in [0.1, 0.15) is 24.0 Å². The largest absolute Gasteiger partial charge is 0.495 e. The molecule has 0 aromatic heterocycles. The van der Waals surface area contributed by atoms with E-state index in [4.69, 9.17) is 21.1 Å². The van der Waals surface area contributed by atoms with E-state index in [1.165, 1.54) is 44.8 Å². The van der Waals surface area contributed by atoms with Gasteiger partial charge in [0.2, 0.25) is 15.9 Å². The van der Waals surface area contributed by atoms with Crippen molar-refractivity contribution in [3.05, 3.63) is 52.5 Å². The van der Waals surface area contributed by atoms with Gasteiger partial charge in [0.05, 0.1) is 31.2 Å². The number of halogens is 1. The van der Waals surface area contributed by atoms with Crippen molar-refractivity contribution in [3.8, 4) is 11.5 Å². The van der Waals surface area contributed by atoms with Crippen molar-refractivity contribution < 1.29 is 22.7 Å². The molecule has 1 heterocycles. The zero-order valence-electron chi connectivity index (χ0n) is 19.1. The minimum atomic E-state index is -3.79. The molecule has 0 atom stereocenters. The van der Waals surface area contributed by atoms with Crippen LogP contribution in [-0.2, 0) is 27.9 Å². The summed E-state index contributed by atoms with van der Waals surface area (Å²) in [5, 5.41) is 3.06. The first-order chi connectivity index (χ1) is 15.7. The van der Waals surface area contributed by atoms with Crippen LogP contribution in [0, 0.1) is 0 Å². The van der Waals surface area contributed by atoms with Crippen LogP contribution < -0.4 is 19.1 Å². The lowest BCUT2D eigenvalue weighted by Crippen LogP contribution is -2.40. The van der Waals surface area contributed by atoms with E-state index in [9.17, 15) is 13.2 Å². The molecular formula is C23H30ClN3O5S. The number of hydrogen-bond donors (Lipinski definition) is 1. The Bertz CT molecular complexity index is 1070. The zero-order valence-corrected chi connectivity index (χ0v) is 20.7. The van der Waals surface area contributed by atoms with Gasteiger partial charge in [-0.25, -0.2) is 8.42 Å². The Morgan fingerprint density at radius 3 is 2.24 bits per heavy atom. The van der Waals surface area contributed by atoms with Crippen LogP contribution in [-0.4, -0.2) is 59.3 Å². The van der Waals surface area contributed by atoms with Gasteiger partial charge in [-0.1, -0.05) is 35.9 Å². The lowest BCUT2D eigenvalue weighted by molar-refractivity contribution is -0.119. The summed E-state index contributed by atoms with van der Waals surface area (Å²) in [5.41, 5.74) is 2.34. The maximum absolute atomic E-state index is 12.6. The van der Waals surface area contributed by atoms with E-state index in [1.54, 1.807) is 0 Å². The number of rotatable bonds is 10. The van der Waals surface area contributed by atoms with E-state index < -0.39 is 22.5 Å². The quantitative estimate of drug-likeness (QED) is 0.545. The fraction of sp³-hybridized carbons (Fsp3) is 0.435. The molecule has 2 aromatic rings. The minimum Gasteiger partial charge on any atom is -0.495 e. The van der Waals surface area contributed by atoms with Crippen LogP contribution in [0.3, 0.4) is 0 Å². The van der Waals surface area contributed by atoms with Gasteiger partial charge in [-0.15, -0.1) is 0 Å². The maximum Gasteiger partial charge on any atom is 0.241 e. The van der Waals surface area contributed by atoms with Gasteiger partial charge in [-0.05, 0) is 37.1 Å². The third-order valence-electron chi connectivity index (χ3n) is 5.53. The van der Waals surface area contributed by atoms with Crippen molar-refractivity contribution in [1.29, 1.82) is 0 Å².